The Bertz CT molecular complexity index is 4720. The van der Waals surface area contributed by atoms with E-state index in [0.717, 1.165) is 107 Å². The average molecular weight is 1480 g/mol. The molecule has 0 aromatic heterocycles. The smallest absolute Gasteiger partial charge is 0.170 e. The van der Waals surface area contributed by atoms with Crippen LogP contribution in [-0.2, 0) is 35.9 Å². The first-order valence-corrected chi connectivity index (χ1v) is 39.6. The minimum atomic E-state index is -0.281. The number of ether oxygens (including phenoxy) is 7. The average Bonchev–Trinajstić information content (AvgIpc) is 0.755. The molecule has 2 heterocycles. The van der Waals surface area contributed by atoms with Crippen molar-refractivity contribution < 1.29 is 33.2 Å². The summed E-state index contributed by atoms with van der Waals surface area (Å²) in [5, 5.41) is 29.7. The van der Waals surface area contributed by atoms with Crippen LogP contribution in [-0.4, -0.2) is 89.4 Å². The molecule has 12 aromatic rings. The van der Waals surface area contributed by atoms with Crippen LogP contribution in [0.4, 0.5) is 11.4 Å². The number of fused-ring (bicyclic) bond motifs is 2. The Morgan fingerprint density at radius 1 is 0.350 bits per heavy atom. The number of anilines is 2. The third-order valence-corrected chi connectivity index (χ3v) is 23.6. The third kappa shape index (κ3) is 16.1. The quantitative estimate of drug-likeness (QED) is 0.0591. The highest BCUT2D eigenvalue weighted by molar-refractivity contribution is 8.01. The van der Waals surface area contributed by atoms with Crippen molar-refractivity contribution in [3.05, 3.63) is 180 Å². The minimum absolute atomic E-state index is 0.273. The highest BCUT2D eigenvalue weighted by Gasteiger charge is 2.32. The number of benzene rings is 12. The van der Waals surface area contributed by atoms with Crippen molar-refractivity contribution in [3.8, 4) is 23.0 Å². The van der Waals surface area contributed by atoms with Gasteiger partial charge in [0.05, 0.1) is 91.9 Å². The molecular formula is C86H90N4O7S6. The Morgan fingerprint density at radius 3 is 0.932 bits per heavy atom. The fourth-order valence-corrected chi connectivity index (χ4v) is 18.5. The first-order valence-electron chi connectivity index (χ1n) is 35.5. The fraction of sp³-hybridized carbons (Fsp3) is 0.326. The van der Waals surface area contributed by atoms with Crippen molar-refractivity contribution in [3.63, 3.8) is 0 Å². The molecule has 10 bridgehead atoms. The van der Waals surface area contributed by atoms with Crippen LogP contribution in [0.25, 0.3) is 64.6 Å². The van der Waals surface area contributed by atoms with Gasteiger partial charge in [0.2, 0.25) is 0 Å². The summed E-state index contributed by atoms with van der Waals surface area (Å²) in [5.74, 6) is 2.97. The van der Waals surface area contributed by atoms with Gasteiger partial charge in [-0.1, -0.05) is 227 Å². The van der Waals surface area contributed by atoms with Crippen LogP contribution in [0.15, 0.2) is 197 Å². The molecule has 0 aliphatic carbocycles. The molecule has 12 aromatic carbocycles. The summed E-state index contributed by atoms with van der Waals surface area (Å²) in [6, 6.07) is 57.7. The van der Waals surface area contributed by atoms with Crippen LogP contribution in [0.2, 0.25) is 0 Å². The van der Waals surface area contributed by atoms with Gasteiger partial charge in [0.15, 0.2) is 10.2 Å². The van der Waals surface area contributed by atoms with E-state index in [4.69, 9.17) is 57.6 Å². The zero-order valence-corrected chi connectivity index (χ0v) is 65.7. The largest absolute Gasteiger partial charge is 0.489 e. The predicted octanol–water partition coefficient (Wildman–Crippen LogP) is 22.1. The number of nitrogens with one attached hydrogen (secondary N) is 4. The zero-order valence-electron chi connectivity index (χ0n) is 60.8. The second kappa shape index (κ2) is 30.2. The molecule has 2 aliphatic rings. The summed E-state index contributed by atoms with van der Waals surface area (Å²) < 4.78 is 47.6. The molecule has 0 fully saturated rings. The molecule has 2 aliphatic heterocycles. The van der Waals surface area contributed by atoms with E-state index in [0.29, 0.717) is 76.2 Å². The standard InChI is InChI=1S/C86H90N4O7S6/c1-83(2,3)57-43-65-77(94-33-31-87-81(98)89-63-29-25-55-21-19-51-15-13-17-53-23-27-61(63)75(55)73(51)53)66(44-57)101-70-48-60(86(10,11)12)50-72-80(70)97-42-40-93-38-36-91-35-37-92-39-41-96-79-69(100-65)47-59(85(7,8)9)49-71(79)102-67-45-58(84(4,5)6)46-68(103-72)78(67)95-34-32-88-82(99)90-64-30-26-56-22-20-52-16-14-18-54-24-28-62(64)76(56)74(52)54/h13-30,43-50H,31-42H2,1-12H3,(H2,87,89,98)(H2,88,90,99). The van der Waals surface area contributed by atoms with Crippen LogP contribution in [0.3, 0.4) is 0 Å². The summed E-state index contributed by atoms with van der Waals surface area (Å²) in [5.41, 5.74) is 5.38. The van der Waals surface area contributed by atoms with E-state index in [-0.39, 0.29) is 34.9 Å². The van der Waals surface area contributed by atoms with E-state index in [1.54, 1.807) is 47.0 Å². The van der Waals surface area contributed by atoms with Crippen molar-refractivity contribution in [1.29, 1.82) is 0 Å². The fourth-order valence-electron chi connectivity index (χ4n) is 13.3. The molecule has 0 radical (unpaired) electrons. The van der Waals surface area contributed by atoms with Crippen LogP contribution in [0.5, 0.6) is 23.0 Å². The van der Waals surface area contributed by atoms with Gasteiger partial charge < -0.3 is 54.4 Å². The van der Waals surface area contributed by atoms with E-state index in [9.17, 15) is 0 Å². The Labute approximate surface area is 633 Å². The van der Waals surface area contributed by atoms with Gasteiger partial charge >= 0.3 is 0 Å². The molecule has 0 unspecified atom stereocenters. The topological polar surface area (TPSA) is 113 Å². The van der Waals surface area contributed by atoms with Crippen LogP contribution >= 0.6 is 71.5 Å². The van der Waals surface area contributed by atoms with Crippen molar-refractivity contribution >= 4 is 158 Å². The normalized spacial score (nSPS) is 14.6. The summed E-state index contributed by atoms with van der Waals surface area (Å²) in [4.78, 5) is 7.53. The summed E-state index contributed by atoms with van der Waals surface area (Å²) >= 11 is 18.9. The van der Waals surface area contributed by atoms with Gasteiger partial charge in [-0.2, -0.15) is 0 Å². The molecule has 0 saturated heterocycles. The molecular weight excluding hydrogens is 1390 g/mol. The van der Waals surface area contributed by atoms with Crippen LogP contribution in [0.1, 0.15) is 105 Å². The van der Waals surface area contributed by atoms with E-state index >= 15 is 0 Å². The number of hydrogen-bond donors (Lipinski definition) is 4. The Balaban J connectivity index is 0.873. The number of hydrogen-bond acceptors (Lipinski definition) is 13. The highest BCUT2D eigenvalue weighted by Crippen LogP contribution is 2.57. The van der Waals surface area contributed by atoms with Gasteiger partial charge in [-0.3, -0.25) is 0 Å². The molecule has 0 saturated carbocycles. The van der Waals surface area contributed by atoms with Gasteiger partial charge in [0.1, 0.15) is 49.4 Å². The van der Waals surface area contributed by atoms with Gasteiger partial charge in [-0.05, 0) is 183 Å². The van der Waals surface area contributed by atoms with Crippen molar-refractivity contribution in [2.75, 3.05) is 89.8 Å². The first-order chi connectivity index (χ1) is 49.4. The Morgan fingerprint density at radius 2 is 0.621 bits per heavy atom. The highest BCUT2D eigenvalue weighted by atomic mass is 32.2. The lowest BCUT2D eigenvalue weighted by Crippen LogP contribution is -2.32. The van der Waals surface area contributed by atoms with E-state index in [1.807, 2.05) is 0 Å². The van der Waals surface area contributed by atoms with Crippen molar-refractivity contribution in [1.82, 2.24) is 10.6 Å². The van der Waals surface area contributed by atoms with Crippen molar-refractivity contribution in [2.45, 2.75) is 144 Å². The SMILES string of the molecule is CC(C)(C)c1cc2c(OCCNC(=S)Nc3ccc4ccc5cccc6ccc3c4c56)c(c1)Sc1cc(C(C)(C)C)cc3c1OCCOCCOCCOCCOc1c(cc(C(C)(C)C)cc1Sc1cc(C(C)(C)C)cc(c1OCCNC(=S)Nc1ccc4ccc5cccc6ccc1c4c56)S3)S2. The van der Waals surface area contributed by atoms with E-state index < -0.39 is 0 Å². The molecule has 17 heteroatoms. The Kier molecular flexibility index (Phi) is 21.3. The molecule has 0 spiro atoms. The van der Waals surface area contributed by atoms with Crippen LogP contribution < -0.4 is 40.2 Å². The lowest BCUT2D eigenvalue weighted by molar-refractivity contribution is 0.00450. The molecule has 103 heavy (non-hydrogen) atoms. The van der Waals surface area contributed by atoms with Gasteiger partial charge in [0.25, 0.3) is 0 Å². The molecule has 0 amide bonds. The van der Waals surface area contributed by atoms with Gasteiger partial charge in [0, 0.05) is 22.1 Å². The number of rotatable bonds is 10. The Hall–Kier alpha value is -7.42. The summed E-state index contributed by atoms with van der Waals surface area (Å²) in [7, 11) is 0. The molecule has 11 nitrogen and oxygen atoms in total. The third-order valence-electron chi connectivity index (χ3n) is 18.9. The maximum atomic E-state index is 7.35. The summed E-state index contributed by atoms with van der Waals surface area (Å²) in [6.45, 7) is 31.6. The molecule has 4 N–H and O–H groups in total. The predicted molar refractivity (Wildman–Crippen MR) is 440 cm³/mol. The maximum absolute atomic E-state index is 7.35. The van der Waals surface area contributed by atoms with E-state index in [1.165, 1.54) is 53.9 Å². The lowest BCUT2D eigenvalue weighted by Gasteiger charge is -2.28. The van der Waals surface area contributed by atoms with E-state index in [2.05, 4.69) is 262 Å². The second-order valence-corrected chi connectivity index (χ2v) is 35.7. The zero-order chi connectivity index (χ0) is 72.0. The molecule has 14 rings (SSSR count). The summed E-state index contributed by atoms with van der Waals surface area (Å²) in [6.07, 6.45) is 0. The number of thiocarbonyl (C=S) groups is 2. The minimum Gasteiger partial charge on any atom is -0.489 e. The van der Waals surface area contributed by atoms with Crippen molar-refractivity contribution in [2.24, 2.45) is 0 Å². The van der Waals surface area contributed by atoms with Gasteiger partial charge in [-0.25, -0.2) is 0 Å². The van der Waals surface area contributed by atoms with Crippen LogP contribution in [0, 0.1) is 0 Å². The first kappa shape index (κ1) is 72.5. The molecule has 532 valence electrons. The second-order valence-electron chi connectivity index (χ2n) is 30.5. The lowest BCUT2D eigenvalue weighted by atomic mass is 9.87. The molecule has 0 atom stereocenters. The maximum Gasteiger partial charge on any atom is 0.170 e. The van der Waals surface area contributed by atoms with Gasteiger partial charge in [-0.15, -0.1) is 0 Å². The monoisotopic (exact) mass is 1480 g/mol.